The maximum absolute atomic E-state index is 12.6. The van der Waals surface area contributed by atoms with Crippen LogP contribution in [0.15, 0.2) is 41.7 Å². The number of benzene rings is 1. The molecule has 1 heterocycles. The number of rotatable bonds is 5. The van der Waals surface area contributed by atoms with Crippen molar-refractivity contribution in [2.75, 3.05) is 7.11 Å². The van der Waals surface area contributed by atoms with Crippen LogP contribution in [-0.4, -0.2) is 17.8 Å². The Morgan fingerprint density at radius 1 is 1.27 bits per heavy atom. The van der Waals surface area contributed by atoms with Crippen LogP contribution in [0.5, 0.6) is 11.6 Å². The molecule has 0 saturated heterocycles. The molecule has 1 aromatic heterocycles. The minimum Gasteiger partial charge on any atom is -0.497 e. The lowest BCUT2D eigenvalue weighted by Gasteiger charge is -2.08. The molecule has 2 aromatic rings. The largest absolute Gasteiger partial charge is 0.497 e. The second-order valence-corrected chi connectivity index (χ2v) is 6.46. The fraction of sp³-hybridized carbons (Fsp3) is 0.333. The van der Waals surface area contributed by atoms with Crippen LogP contribution in [0.3, 0.4) is 0 Å². The maximum Gasteiger partial charge on any atom is 0.417 e. The van der Waals surface area contributed by atoms with Crippen molar-refractivity contribution in [2.45, 2.75) is 25.4 Å². The van der Waals surface area contributed by atoms with Gasteiger partial charge in [0.15, 0.2) is 0 Å². The Bertz CT molecular complexity index is 822. The van der Waals surface area contributed by atoms with Gasteiger partial charge >= 0.3 is 6.18 Å². The van der Waals surface area contributed by atoms with Crippen molar-refractivity contribution in [3.8, 4) is 11.6 Å². The van der Waals surface area contributed by atoms with Crippen LogP contribution in [0.25, 0.3) is 0 Å². The molecule has 1 aromatic carbocycles. The van der Waals surface area contributed by atoms with Crippen molar-refractivity contribution >= 4 is 17.3 Å². The van der Waals surface area contributed by atoms with E-state index in [0.29, 0.717) is 12.1 Å². The first-order valence-corrected chi connectivity index (χ1v) is 8.25. The topological polar surface area (TPSA) is 43.7 Å². The summed E-state index contributed by atoms with van der Waals surface area (Å²) in [7, 11) is 1.61. The molecule has 1 aliphatic carbocycles. The van der Waals surface area contributed by atoms with Crippen molar-refractivity contribution in [3.05, 3.63) is 52.7 Å². The number of ether oxygens (including phenoxy) is 1. The average molecular weight is 385 g/mol. The Hall–Kier alpha value is -2.28. The van der Waals surface area contributed by atoms with Crippen molar-refractivity contribution in [2.24, 2.45) is 11.1 Å². The Balaban J connectivity index is 1.64. The minimum atomic E-state index is -4.51. The normalized spacial score (nSPS) is 20.0. The van der Waals surface area contributed by atoms with Gasteiger partial charge in [0.1, 0.15) is 10.8 Å². The molecule has 0 radical (unpaired) electrons. The van der Waals surface area contributed by atoms with E-state index < -0.39 is 11.7 Å². The third-order valence-electron chi connectivity index (χ3n) is 4.28. The van der Waals surface area contributed by atoms with Crippen LogP contribution < -0.4 is 9.57 Å². The average Bonchev–Trinajstić information content (AvgIpc) is 3.40. The van der Waals surface area contributed by atoms with Gasteiger partial charge in [-0.2, -0.15) is 13.2 Å². The van der Waals surface area contributed by atoms with E-state index in [0.717, 1.165) is 23.9 Å². The summed E-state index contributed by atoms with van der Waals surface area (Å²) < 4.78 is 43.0. The zero-order valence-electron chi connectivity index (χ0n) is 14.0. The second-order valence-electron chi connectivity index (χ2n) is 6.05. The predicted molar refractivity (Wildman–Crippen MR) is 91.8 cm³/mol. The van der Waals surface area contributed by atoms with Gasteiger partial charge in [-0.3, -0.25) is 0 Å². The Morgan fingerprint density at radius 3 is 2.54 bits per heavy atom. The molecule has 3 rings (SSSR count). The molecule has 0 N–H and O–H groups in total. The molecule has 1 aliphatic rings. The fourth-order valence-electron chi connectivity index (χ4n) is 2.71. The summed E-state index contributed by atoms with van der Waals surface area (Å²) in [5.41, 5.74) is 0.983. The molecular weight excluding hydrogens is 369 g/mol. The van der Waals surface area contributed by atoms with Crippen molar-refractivity contribution in [1.82, 2.24) is 4.98 Å². The van der Waals surface area contributed by atoms with E-state index in [9.17, 15) is 13.2 Å². The molecule has 26 heavy (non-hydrogen) atoms. The Labute approximate surface area is 153 Å². The molecule has 4 nitrogen and oxygen atoms in total. The lowest BCUT2D eigenvalue weighted by molar-refractivity contribution is -0.137. The highest BCUT2D eigenvalue weighted by molar-refractivity contribution is 6.31. The van der Waals surface area contributed by atoms with Crippen LogP contribution in [0.2, 0.25) is 5.02 Å². The number of alkyl halides is 3. The first-order chi connectivity index (χ1) is 12.3. The van der Waals surface area contributed by atoms with Crippen molar-refractivity contribution in [1.29, 1.82) is 0 Å². The molecular formula is C18H16ClF3N2O2. The predicted octanol–water partition coefficient (Wildman–Crippen LogP) is 5.32. The third kappa shape index (κ3) is 4.09. The number of methoxy groups -OCH3 is 1. The highest BCUT2D eigenvalue weighted by Gasteiger charge is 2.41. The summed E-state index contributed by atoms with van der Waals surface area (Å²) in [6.45, 7) is 1.81. The Kier molecular flexibility index (Phi) is 5.09. The van der Waals surface area contributed by atoms with Gasteiger partial charge in [-0.15, -0.1) is 0 Å². The maximum atomic E-state index is 12.6. The number of oxime groups is 1. The quantitative estimate of drug-likeness (QED) is 0.517. The summed E-state index contributed by atoms with van der Waals surface area (Å²) in [4.78, 5) is 8.74. The van der Waals surface area contributed by atoms with E-state index in [2.05, 4.69) is 10.1 Å². The second kappa shape index (κ2) is 7.15. The van der Waals surface area contributed by atoms with Gasteiger partial charge in [0, 0.05) is 12.1 Å². The van der Waals surface area contributed by atoms with Crippen molar-refractivity contribution in [3.63, 3.8) is 0 Å². The third-order valence-corrected chi connectivity index (χ3v) is 4.55. The molecule has 138 valence electrons. The van der Waals surface area contributed by atoms with E-state index in [4.69, 9.17) is 21.2 Å². The molecule has 2 atom stereocenters. The van der Waals surface area contributed by atoms with E-state index in [1.165, 1.54) is 5.56 Å². The molecule has 1 fully saturated rings. The van der Waals surface area contributed by atoms with Gasteiger partial charge in [-0.1, -0.05) is 28.9 Å². The van der Waals surface area contributed by atoms with Gasteiger partial charge in [0.05, 0.1) is 18.4 Å². The number of hydrogen-bond donors (Lipinski definition) is 0. The number of nitrogens with zero attached hydrogens (tertiary/aromatic N) is 2. The molecule has 0 amide bonds. The number of halogens is 4. The lowest BCUT2D eigenvalue weighted by atomic mass is 10.1. The standard InChI is InChI=1S/C18H16ClF3N2O2/c1-10(14-8-15(14)11-3-5-13(25-2)6-4-11)24-26-17-16(19)7-12(9-23-17)18(20,21)22/h3-7,9,14-15H,8H2,1-2H3/t14-,15+/m0/s1. The van der Waals surface area contributed by atoms with E-state index in [1.807, 2.05) is 31.2 Å². The van der Waals surface area contributed by atoms with Crippen LogP contribution in [-0.2, 0) is 6.18 Å². The summed E-state index contributed by atoms with van der Waals surface area (Å²) in [5, 5.41) is 3.75. The molecule has 0 spiro atoms. The summed E-state index contributed by atoms with van der Waals surface area (Å²) in [6.07, 6.45) is -2.91. The number of pyridine rings is 1. The van der Waals surface area contributed by atoms with Crippen molar-refractivity contribution < 1.29 is 22.7 Å². The van der Waals surface area contributed by atoms with Crippen LogP contribution in [0.4, 0.5) is 13.2 Å². The Morgan fingerprint density at radius 2 is 1.96 bits per heavy atom. The van der Waals surface area contributed by atoms with Crippen LogP contribution in [0.1, 0.15) is 30.4 Å². The molecule has 0 bridgehead atoms. The van der Waals surface area contributed by atoms with Gasteiger partial charge in [0.2, 0.25) is 0 Å². The SMILES string of the molecule is COc1ccc([C@H]2C[C@H]2C(C)=NOc2ncc(C(F)(F)F)cc2Cl)cc1. The first kappa shape index (κ1) is 18.5. The summed E-state index contributed by atoms with van der Waals surface area (Å²) in [5.74, 6) is 1.20. The van der Waals surface area contributed by atoms with Gasteiger partial charge in [-0.25, -0.2) is 4.98 Å². The van der Waals surface area contributed by atoms with Crippen LogP contribution in [0, 0.1) is 5.92 Å². The monoisotopic (exact) mass is 384 g/mol. The number of hydrogen-bond acceptors (Lipinski definition) is 4. The van der Waals surface area contributed by atoms with Gasteiger partial charge < -0.3 is 9.57 Å². The smallest absolute Gasteiger partial charge is 0.417 e. The molecule has 1 saturated carbocycles. The fourth-order valence-corrected chi connectivity index (χ4v) is 2.91. The number of aromatic nitrogens is 1. The lowest BCUT2D eigenvalue weighted by Crippen LogP contribution is -2.06. The molecule has 8 heteroatoms. The van der Waals surface area contributed by atoms with Crippen LogP contribution >= 0.6 is 11.6 Å². The molecule has 0 unspecified atom stereocenters. The van der Waals surface area contributed by atoms with Gasteiger partial charge in [-0.05, 0) is 43.0 Å². The van der Waals surface area contributed by atoms with E-state index in [1.54, 1.807) is 7.11 Å². The highest BCUT2D eigenvalue weighted by atomic mass is 35.5. The van der Waals surface area contributed by atoms with E-state index in [-0.39, 0.29) is 16.8 Å². The minimum absolute atomic E-state index is 0.152. The highest BCUT2D eigenvalue weighted by Crippen LogP contribution is 2.48. The van der Waals surface area contributed by atoms with Gasteiger partial charge in [0.25, 0.3) is 5.88 Å². The first-order valence-electron chi connectivity index (χ1n) is 7.87. The molecule has 0 aliphatic heterocycles. The van der Waals surface area contributed by atoms with E-state index >= 15 is 0 Å². The summed E-state index contributed by atoms with van der Waals surface area (Å²) >= 11 is 5.80. The summed E-state index contributed by atoms with van der Waals surface area (Å²) in [6, 6.07) is 8.59. The zero-order valence-corrected chi connectivity index (χ0v) is 14.8. The zero-order chi connectivity index (χ0) is 18.9.